The SMILES string of the molecule is COc1ccc(N2CCc3c(c(C(=O)NCCN)nn3C)C2)cc1. The van der Waals surface area contributed by atoms with Gasteiger partial charge in [-0.2, -0.15) is 5.10 Å². The molecule has 0 unspecified atom stereocenters. The molecule has 0 saturated heterocycles. The monoisotopic (exact) mass is 329 g/mol. The Balaban J connectivity index is 1.84. The van der Waals surface area contributed by atoms with Gasteiger partial charge in [0.05, 0.1) is 7.11 Å². The van der Waals surface area contributed by atoms with Crippen molar-refractivity contribution >= 4 is 11.6 Å². The fraction of sp³-hybridized carbons (Fsp3) is 0.412. The lowest BCUT2D eigenvalue weighted by Gasteiger charge is -2.29. The zero-order valence-electron chi connectivity index (χ0n) is 14.1. The lowest BCUT2D eigenvalue weighted by atomic mass is 10.0. The Morgan fingerprint density at radius 1 is 1.38 bits per heavy atom. The van der Waals surface area contributed by atoms with E-state index < -0.39 is 0 Å². The molecule has 3 rings (SSSR count). The molecule has 2 aromatic rings. The number of aryl methyl sites for hydroxylation is 1. The Hall–Kier alpha value is -2.54. The molecule has 7 nitrogen and oxygen atoms in total. The molecule has 0 aliphatic carbocycles. The molecule has 0 spiro atoms. The van der Waals surface area contributed by atoms with Crippen molar-refractivity contribution in [3.8, 4) is 5.75 Å². The summed E-state index contributed by atoms with van der Waals surface area (Å²) in [5, 5.41) is 7.22. The fourth-order valence-electron chi connectivity index (χ4n) is 3.06. The topological polar surface area (TPSA) is 85.4 Å². The van der Waals surface area contributed by atoms with E-state index in [0.717, 1.165) is 35.7 Å². The van der Waals surface area contributed by atoms with Gasteiger partial charge >= 0.3 is 0 Å². The van der Waals surface area contributed by atoms with Crippen molar-refractivity contribution in [3.05, 3.63) is 41.2 Å². The number of ether oxygens (including phenoxy) is 1. The van der Waals surface area contributed by atoms with Gasteiger partial charge in [0.2, 0.25) is 0 Å². The molecular formula is C17H23N5O2. The quantitative estimate of drug-likeness (QED) is 0.842. The number of hydrogen-bond donors (Lipinski definition) is 2. The first kappa shape index (κ1) is 16.3. The summed E-state index contributed by atoms with van der Waals surface area (Å²) >= 11 is 0. The maximum atomic E-state index is 12.3. The van der Waals surface area contributed by atoms with Crippen molar-refractivity contribution in [2.75, 3.05) is 31.6 Å². The summed E-state index contributed by atoms with van der Waals surface area (Å²) in [6.07, 6.45) is 0.856. The molecular weight excluding hydrogens is 306 g/mol. The summed E-state index contributed by atoms with van der Waals surface area (Å²) in [7, 11) is 3.55. The molecule has 1 aliphatic heterocycles. The molecule has 1 aromatic heterocycles. The highest BCUT2D eigenvalue weighted by Gasteiger charge is 2.27. The standard InChI is InChI=1S/C17H23N5O2/c1-21-15-7-10-22(12-3-5-13(24-2)6-4-12)11-14(15)16(20-21)17(23)19-9-8-18/h3-6H,7-11,18H2,1-2H3,(H,19,23). The number of anilines is 1. The third-order valence-electron chi connectivity index (χ3n) is 4.32. The van der Waals surface area contributed by atoms with Crippen LogP contribution in [0.25, 0.3) is 0 Å². The van der Waals surface area contributed by atoms with Crippen molar-refractivity contribution in [1.29, 1.82) is 0 Å². The van der Waals surface area contributed by atoms with Crippen LogP contribution in [-0.4, -0.2) is 42.4 Å². The van der Waals surface area contributed by atoms with E-state index in [1.807, 2.05) is 36.0 Å². The zero-order chi connectivity index (χ0) is 17.1. The smallest absolute Gasteiger partial charge is 0.272 e. The lowest BCUT2D eigenvalue weighted by molar-refractivity contribution is 0.0948. The van der Waals surface area contributed by atoms with Gasteiger partial charge in [0, 0.05) is 56.6 Å². The highest BCUT2D eigenvalue weighted by atomic mass is 16.5. The van der Waals surface area contributed by atoms with Gasteiger partial charge in [-0.15, -0.1) is 0 Å². The summed E-state index contributed by atoms with van der Waals surface area (Å²) < 4.78 is 7.03. The number of fused-ring (bicyclic) bond motifs is 1. The minimum Gasteiger partial charge on any atom is -0.497 e. The maximum absolute atomic E-state index is 12.3. The minimum absolute atomic E-state index is 0.158. The van der Waals surface area contributed by atoms with Gasteiger partial charge < -0.3 is 20.7 Å². The van der Waals surface area contributed by atoms with Crippen LogP contribution in [0.4, 0.5) is 5.69 Å². The van der Waals surface area contributed by atoms with Crippen molar-refractivity contribution in [3.63, 3.8) is 0 Å². The van der Waals surface area contributed by atoms with Gasteiger partial charge in [-0.25, -0.2) is 0 Å². The number of hydrogen-bond acceptors (Lipinski definition) is 5. The van der Waals surface area contributed by atoms with Crippen molar-refractivity contribution in [2.24, 2.45) is 12.8 Å². The van der Waals surface area contributed by atoms with Crippen molar-refractivity contribution in [2.45, 2.75) is 13.0 Å². The van der Waals surface area contributed by atoms with Crippen LogP contribution < -0.4 is 20.7 Å². The van der Waals surface area contributed by atoms with Gasteiger partial charge in [0.15, 0.2) is 5.69 Å². The van der Waals surface area contributed by atoms with E-state index in [0.29, 0.717) is 25.3 Å². The molecule has 24 heavy (non-hydrogen) atoms. The normalized spacial score (nSPS) is 13.5. The number of rotatable bonds is 5. The van der Waals surface area contributed by atoms with Gasteiger partial charge in [-0.1, -0.05) is 0 Å². The third kappa shape index (κ3) is 3.07. The van der Waals surface area contributed by atoms with E-state index in [4.69, 9.17) is 10.5 Å². The van der Waals surface area contributed by atoms with Crippen LogP contribution in [0.5, 0.6) is 5.75 Å². The van der Waals surface area contributed by atoms with Gasteiger partial charge in [0.25, 0.3) is 5.91 Å². The largest absolute Gasteiger partial charge is 0.497 e. The number of nitrogens with one attached hydrogen (secondary N) is 1. The molecule has 128 valence electrons. The second-order valence-electron chi connectivity index (χ2n) is 5.81. The van der Waals surface area contributed by atoms with Gasteiger partial charge in [0.1, 0.15) is 5.75 Å². The highest BCUT2D eigenvalue weighted by molar-refractivity contribution is 5.94. The Labute approximate surface area is 141 Å². The van der Waals surface area contributed by atoms with Crippen molar-refractivity contribution < 1.29 is 9.53 Å². The van der Waals surface area contributed by atoms with Crippen LogP contribution in [0.15, 0.2) is 24.3 Å². The highest BCUT2D eigenvalue weighted by Crippen LogP contribution is 2.27. The molecule has 3 N–H and O–H groups in total. The number of aromatic nitrogens is 2. The van der Waals surface area contributed by atoms with Crippen LogP contribution in [0.2, 0.25) is 0 Å². The molecule has 0 bridgehead atoms. The zero-order valence-corrected chi connectivity index (χ0v) is 14.1. The maximum Gasteiger partial charge on any atom is 0.272 e. The summed E-state index contributed by atoms with van der Waals surface area (Å²) in [4.78, 5) is 14.6. The molecule has 1 aromatic carbocycles. The number of nitrogens with zero attached hydrogens (tertiary/aromatic N) is 3. The average Bonchev–Trinajstić information content (AvgIpc) is 2.96. The number of nitrogens with two attached hydrogens (primary N) is 1. The Bertz CT molecular complexity index is 723. The second kappa shape index (κ2) is 6.92. The molecule has 0 radical (unpaired) electrons. The number of carbonyl (C=O) groups is 1. The minimum atomic E-state index is -0.158. The first-order chi connectivity index (χ1) is 11.6. The Kier molecular flexibility index (Phi) is 4.71. The third-order valence-corrected chi connectivity index (χ3v) is 4.32. The predicted octanol–water partition coefficient (Wildman–Crippen LogP) is 0.680. The first-order valence-corrected chi connectivity index (χ1v) is 8.06. The van der Waals surface area contributed by atoms with Crippen LogP contribution in [0, 0.1) is 0 Å². The predicted molar refractivity (Wildman–Crippen MR) is 92.3 cm³/mol. The van der Waals surface area contributed by atoms with E-state index in [9.17, 15) is 4.79 Å². The van der Waals surface area contributed by atoms with Gasteiger partial charge in [-0.3, -0.25) is 9.48 Å². The molecule has 0 fully saturated rings. The summed E-state index contributed by atoms with van der Waals surface area (Å²) in [6.45, 7) is 2.43. The van der Waals surface area contributed by atoms with Crippen LogP contribution in [0.1, 0.15) is 21.7 Å². The van der Waals surface area contributed by atoms with E-state index in [2.05, 4.69) is 15.3 Å². The Morgan fingerprint density at radius 3 is 2.79 bits per heavy atom. The van der Waals surface area contributed by atoms with E-state index >= 15 is 0 Å². The van der Waals surface area contributed by atoms with Crippen LogP contribution in [-0.2, 0) is 20.0 Å². The summed E-state index contributed by atoms with van der Waals surface area (Å²) in [5.41, 5.74) is 9.19. The number of benzene rings is 1. The molecule has 0 atom stereocenters. The van der Waals surface area contributed by atoms with E-state index in [1.54, 1.807) is 7.11 Å². The molecule has 1 amide bonds. The average molecular weight is 329 g/mol. The van der Waals surface area contributed by atoms with E-state index in [1.165, 1.54) is 0 Å². The number of amides is 1. The fourth-order valence-corrected chi connectivity index (χ4v) is 3.06. The van der Waals surface area contributed by atoms with Crippen molar-refractivity contribution in [1.82, 2.24) is 15.1 Å². The lowest BCUT2D eigenvalue weighted by Crippen LogP contribution is -2.33. The molecule has 2 heterocycles. The number of carbonyl (C=O) groups excluding carboxylic acids is 1. The number of methoxy groups -OCH3 is 1. The van der Waals surface area contributed by atoms with Gasteiger partial charge in [-0.05, 0) is 24.3 Å². The first-order valence-electron chi connectivity index (χ1n) is 8.06. The molecule has 7 heteroatoms. The van der Waals surface area contributed by atoms with Crippen LogP contribution >= 0.6 is 0 Å². The van der Waals surface area contributed by atoms with E-state index in [-0.39, 0.29) is 5.91 Å². The molecule has 1 aliphatic rings. The summed E-state index contributed by atoms with van der Waals surface area (Å²) in [6, 6.07) is 7.97. The summed E-state index contributed by atoms with van der Waals surface area (Å²) in [5.74, 6) is 0.675. The van der Waals surface area contributed by atoms with Crippen LogP contribution in [0.3, 0.4) is 0 Å². The molecule has 0 saturated carbocycles. The second-order valence-corrected chi connectivity index (χ2v) is 5.81. The Morgan fingerprint density at radius 2 is 2.12 bits per heavy atom.